The number of thiocarbonyl (C=S) groups is 1. The third-order valence-corrected chi connectivity index (χ3v) is 4.04. The van der Waals surface area contributed by atoms with E-state index in [0.717, 1.165) is 35.9 Å². The monoisotopic (exact) mass is 302 g/mol. The fourth-order valence-corrected chi connectivity index (χ4v) is 2.72. The summed E-state index contributed by atoms with van der Waals surface area (Å²) in [6.07, 6.45) is 0.673. The molecular formula is C12H19ClN4OS. The highest BCUT2D eigenvalue weighted by molar-refractivity contribution is 7.80. The Hall–Kier alpha value is -0.690. The maximum Gasteiger partial charge on any atom is 0.120 e. The quantitative estimate of drug-likeness (QED) is 0.845. The number of halogens is 1. The maximum absolute atomic E-state index is 6.36. The zero-order valence-corrected chi connectivity index (χ0v) is 12.8. The van der Waals surface area contributed by atoms with Crippen molar-refractivity contribution < 1.29 is 4.74 Å². The first-order chi connectivity index (χ1) is 9.02. The lowest BCUT2D eigenvalue weighted by molar-refractivity contribution is 0.00307. The summed E-state index contributed by atoms with van der Waals surface area (Å²) in [5, 5.41) is 5.19. The summed E-state index contributed by atoms with van der Waals surface area (Å²) in [5.74, 6) is 0. The largest absolute Gasteiger partial charge is 0.391 e. The Morgan fingerprint density at radius 1 is 1.63 bits per heavy atom. The molecule has 5 nitrogen and oxygen atoms in total. The smallest absolute Gasteiger partial charge is 0.120 e. The van der Waals surface area contributed by atoms with E-state index >= 15 is 0 Å². The zero-order valence-electron chi connectivity index (χ0n) is 11.2. The summed E-state index contributed by atoms with van der Waals surface area (Å²) in [4.78, 5) is 2.66. The number of nitrogens with two attached hydrogens (primary N) is 1. The Balaban J connectivity index is 2.08. The molecule has 1 saturated heterocycles. The van der Waals surface area contributed by atoms with Crippen LogP contribution in [0, 0.1) is 0 Å². The van der Waals surface area contributed by atoms with E-state index < -0.39 is 0 Å². The van der Waals surface area contributed by atoms with Crippen LogP contribution in [0.5, 0.6) is 0 Å². The number of morpholine rings is 1. The molecule has 1 aliphatic heterocycles. The molecule has 1 fully saturated rings. The van der Waals surface area contributed by atoms with Crippen molar-refractivity contribution in [2.24, 2.45) is 12.8 Å². The molecule has 19 heavy (non-hydrogen) atoms. The van der Waals surface area contributed by atoms with Crippen molar-refractivity contribution >= 4 is 28.8 Å². The van der Waals surface area contributed by atoms with Crippen molar-refractivity contribution in [3.63, 3.8) is 0 Å². The molecule has 106 valence electrons. The first-order valence-corrected chi connectivity index (χ1v) is 7.15. The molecule has 7 heteroatoms. The van der Waals surface area contributed by atoms with E-state index in [2.05, 4.69) is 16.9 Å². The normalized spacial score (nSPS) is 20.7. The van der Waals surface area contributed by atoms with Gasteiger partial charge >= 0.3 is 0 Å². The third kappa shape index (κ3) is 3.25. The molecular weight excluding hydrogens is 284 g/mol. The highest BCUT2D eigenvalue weighted by Crippen LogP contribution is 2.23. The number of nitrogens with zero attached hydrogens (tertiary/aromatic N) is 3. The van der Waals surface area contributed by atoms with Crippen LogP contribution in [0.4, 0.5) is 0 Å². The van der Waals surface area contributed by atoms with Crippen molar-refractivity contribution in [1.82, 2.24) is 14.7 Å². The van der Waals surface area contributed by atoms with Crippen LogP contribution in [0.3, 0.4) is 0 Å². The zero-order chi connectivity index (χ0) is 14.0. The van der Waals surface area contributed by atoms with Crippen molar-refractivity contribution in [3.8, 4) is 0 Å². The highest BCUT2D eigenvalue weighted by Gasteiger charge is 2.24. The highest BCUT2D eigenvalue weighted by atomic mass is 35.5. The Kier molecular flexibility index (Phi) is 4.78. The predicted octanol–water partition coefficient (Wildman–Crippen LogP) is 1.12. The van der Waals surface area contributed by atoms with Gasteiger partial charge in [-0.25, -0.2) is 0 Å². The van der Waals surface area contributed by atoms with Crippen LogP contribution in [0.2, 0.25) is 5.02 Å². The van der Waals surface area contributed by atoms with Crippen molar-refractivity contribution in [1.29, 1.82) is 0 Å². The van der Waals surface area contributed by atoms with Gasteiger partial charge in [-0.1, -0.05) is 30.7 Å². The second kappa shape index (κ2) is 6.17. The molecule has 0 bridgehead atoms. The summed E-state index contributed by atoms with van der Waals surface area (Å²) < 4.78 is 7.38. The lowest BCUT2D eigenvalue weighted by Gasteiger charge is -2.32. The van der Waals surface area contributed by atoms with Crippen LogP contribution in [-0.4, -0.2) is 45.5 Å². The van der Waals surface area contributed by atoms with Crippen LogP contribution in [0.25, 0.3) is 0 Å². The van der Waals surface area contributed by atoms with Crippen LogP contribution < -0.4 is 5.73 Å². The Morgan fingerprint density at radius 3 is 2.95 bits per heavy atom. The van der Waals surface area contributed by atoms with E-state index in [1.165, 1.54) is 0 Å². The molecule has 2 heterocycles. The van der Waals surface area contributed by atoms with Gasteiger partial charge in [0.2, 0.25) is 0 Å². The number of aromatic nitrogens is 2. The molecule has 0 spiro atoms. The topological polar surface area (TPSA) is 56.3 Å². The summed E-state index contributed by atoms with van der Waals surface area (Å²) in [6, 6.07) is 0. The molecule has 0 aromatic carbocycles. The number of rotatable bonds is 4. The minimum atomic E-state index is -0.165. The lowest BCUT2D eigenvalue weighted by Crippen LogP contribution is -2.47. The van der Waals surface area contributed by atoms with Gasteiger partial charge in [-0.05, 0) is 6.42 Å². The fourth-order valence-electron chi connectivity index (χ4n) is 2.22. The van der Waals surface area contributed by atoms with E-state index in [-0.39, 0.29) is 6.10 Å². The average molecular weight is 303 g/mol. The van der Waals surface area contributed by atoms with E-state index in [1.54, 1.807) is 0 Å². The van der Waals surface area contributed by atoms with Crippen LogP contribution in [0.15, 0.2) is 0 Å². The molecule has 1 unspecified atom stereocenters. The molecule has 1 atom stereocenters. The molecule has 2 rings (SSSR count). The number of aryl methyl sites for hydroxylation is 2. The number of ether oxygens (including phenoxy) is 1. The van der Waals surface area contributed by atoms with Gasteiger partial charge in [-0.3, -0.25) is 9.58 Å². The van der Waals surface area contributed by atoms with E-state index in [1.807, 2.05) is 11.7 Å². The fraction of sp³-hybridized carbons (Fsp3) is 0.667. The summed E-state index contributed by atoms with van der Waals surface area (Å²) in [5.41, 5.74) is 7.62. The maximum atomic E-state index is 6.36. The minimum Gasteiger partial charge on any atom is -0.391 e. The molecule has 1 aliphatic rings. The lowest BCUT2D eigenvalue weighted by atomic mass is 10.2. The third-order valence-electron chi connectivity index (χ3n) is 3.34. The van der Waals surface area contributed by atoms with Gasteiger partial charge in [0.05, 0.1) is 23.0 Å². The van der Waals surface area contributed by atoms with Gasteiger partial charge in [0.1, 0.15) is 11.1 Å². The molecule has 0 radical (unpaired) electrons. The van der Waals surface area contributed by atoms with Crippen LogP contribution >= 0.6 is 23.8 Å². The van der Waals surface area contributed by atoms with Gasteiger partial charge in [-0.15, -0.1) is 0 Å². The molecule has 1 aromatic heterocycles. The summed E-state index contributed by atoms with van der Waals surface area (Å²) in [7, 11) is 1.92. The van der Waals surface area contributed by atoms with Crippen LogP contribution in [-0.2, 0) is 24.8 Å². The van der Waals surface area contributed by atoms with E-state index in [9.17, 15) is 0 Å². The number of hydrogen-bond acceptors (Lipinski definition) is 4. The Bertz CT molecular complexity index is 477. The molecule has 2 N–H and O–H groups in total. The van der Waals surface area contributed by atoms with Gasteiger partial charge < -0.3 is 10.5 Å². The van der Waals surface area contributed by atoms with E-state index in [4.69, 9.17) is 34.3 Å². The van der Waals surface area contributed by atoms with Gasteiger partial charge in [-0.2, -0.15) is 5.10 Å². The average Bonchev–Trinajstić information content (AvgIpc) is 2.66. The SMILES string of the molecule is CCc1nn(C)c(CN2CCOC(C(N)=S)C2)c1Cl. The summed E-state index contributed by atoms with van der Waals surface area (Å²) in [6.45, 7) is 4.99. The van der Waals surface area contributed by atoms with Crippen molar-refractivity contribution in [3.05, 3.63) is 16.4 Å². The Morgan fingerprint density at radius 2 is 2.37 bits per heavy atom. The van der Waals surface area contributed by atoms with E-state index in [0.29, 0.717) is 18.1 Å². The second-order valence-corrected chi connectivity index (χ2v) is 5.53. The molecule has 0 aliphatic carbocycles. The molecule has 0 amide bonds. The minimum absolute atomic E-state index is 0.165. The molecule has 0 saturated carbocycles. The Labute approximate surface area is 123 Å². The van der Waals surface area contributed by atoms with Gasteiger partial charge in [0, 0.05) is 26.7 Å². The van der Waals surface area contributed by atoms with Gasteiger partial charge in [0.25, 0.3) is 0 Å². The standard InChI is InChI=1S/C12H19ClN4OS/c1-3-8-11(13)9(16(2)15-8)6-17-4-5-18-10(7-17)12(14)19/h10H,3-7H2,1-2H3,(H2,14,19). The summed E-state index contributed by atoms with van der Waals surface area (Å²) >= 11 is 11.3. The van der Waals surface area contributed by atoms with Crippen LogP contribution in [0.1, 0.15) is 18.3 Å². The first kappa shape index (κ1) is 14.7. The molecule has 1 aromatic rings. The predicted molar refractivity (Wildman–Crippen MR) is 79.4 cm³/mol. The van der Waals surface area contributed by atoms with Crippen molar-refractivity contribution in [2.75, 3.05) is 19.7 Å². The van der Waals surface area contributed by atoms with Crippen molar-refractivity contribution in [2.45, 2.75) is 26.0 Å². The second-order valence-electron chi connectivity index (χ2n) is 4.68. The first-order valence-electron chi connectivity index (χ1n) is 6.36. The van der Waals surface area contributed by atoms with Gasteiger partial charge in [0.15, 0.2) is 0 Å². The number of hydrogen-bond donors (Lipinski definition) is 1.